The van der Waals surface area contributed by atoms with Gasteiger partial charge in [-0.15, -0.1) is 0 Å². The van der Waals surface area contributed by atoms with Crippen molar-refractivity contribution in [1.29, 1.82) is 0 Å². The number of benzene rings is 2. The van der Waals surface area contributed by atoms with Crippen LogP contribution < -0.4 is 9.46 Å². The molecule has 3 unspecified atom stereocenters. The van der Waals surface area contributed by atoms with Gasteiger partial charge < -0.3 is 19.1 Å². The van der Waals surface area contributed by atoms with Crippen LogP contribution in [0.1, 0.15) is 53.6 Å². The minimum absolute atomic E-state index is 0.218. The fraction of sp³-hybridized carbons (Fsp3) is 0.481. The number of ether oxygens (including phenoxy) is 2. The van der Waals surface area contributed by atoms with E-state index in [1.54, 1.807) is 6.07 Å². The lowest BCUT2D eigenvalue weighted by molar-refractivity contribution is 0.0595. The SMILES string of the molecule is C=NC12COc3c(ccc(NSc4ccc(F)cc4CC4CCCN(CC)C4)c3C(=O)OC)C1C2. The van der Waals surface area contributed by atoms with Gasteiger partial charge in [-0.05, 0) is 93.2 Å². The number of halogens is 1. The van der Waals surface area contributed by atoms with Crippen LogP contribution in [0.15, 0.2) is 40.2 Å². The summed E-state index contributed by atoms with van der Waals surface area (Å²) in [5, 5.41) is 0. The van der Waals surface area contributed by atoms with Gasteiger partial charge in [0.05, 0.1) is 12.8 Å². The first-order valence-corrected chi connectivity index (χ1v) is 13.1. The van der Waals surface area contributed by atoms with Crippen molar-refractivity contribution in [3.8, 4) is 5.75 Å². The average molecular weight is 498 g/mol. The van der Waals surface area contributed by atoms with Crippen LogP contribution in [0.4, 0.5) is 10.1 Å². The van der Waals surface area contributed by atoms with Gasteiger partial charge in [-0.3, -0.25) is 4.99 Å². The Labute approximate surface area is 210 Å². The molecule has 0 amide bonds. The van der Waals surface area contributed by atoms with Gasteiger partial charge in [0.15, 0.2) is 0 Å². The number of methoxy groups -OCH3 is 1. The molecule has 1 N–H and O–H groups in total. The monoisotopic (exact) mass is 497 g/mol. The molecule has 5 rings (SSSR count). The predicted molar refractivity (Wildman–Crippen MR) is 137 cm³/mol. The first kappa shape index (κ1) is 24.1. The average Bonchev–Trinajstić information content (AvgIpc) is 3.63. The first-order valence-electron chi connectivity index (χ1n) is 12.3. The zero-order chi connectivity index (χ0) is 24.6. The largest absolute Gasteiger partial charge is 0.490 e. The van der Waals surface area contributed by atoms with E-state index in [9.17, 15) is 9.18 Å². The summed E-state index contributed by atoms with van der Waals surface area (Å²) in [5.74, 6) is 0.602. The minimum atomic E-state index is -0.453. The van der Waals surface area contributed by atoms with E-state index in [2.05, 4.69) is 28.3 Å². The summed E-state index contributed by atoms with van der Waals surface area (Å²) >= 11 is 1.39. The smallest absolute Gasteiger partial charge is 0.343 e. The summed E-state index contributed by atoms with van der Waals surface area (Å²) in [5.41, 5.74) is 2.69. The van der Waals surface area contributed by atoms with Gasteiger partial charge in [-0.25, -0.2) is 9.18 Å². The van der Waals surface area contributed by atoms with E-state index in [0.717, 1.165) is 54.9 Å². The van der Waals surface area contributed by atoms with Crippen molar-refractivity contribution in [2.75, 3.05) is 38.1 Å². The predicted octanol–water partition coefficient (Wildman–Crippen LogP) is 5.33. The second kappa shape index (κ2) is 9.82. The van der Waals surface area contributed by atoms with Crippen molar-refractivity contribution in [2.45, 2.75) is 49.0 Å². The quantitative estimate of drug-likeness (QED) is 0.302. The number of nitrogens with one attached hydrogen (secondary N) is 1. The zero-order valence-electron chi connectivity index (χ0n) is 20.3. The number of anilines is 1. The third-order valence-corrected chi connectivity index (χ3v) is 8.57. The standard InChI is InChI=1S/C27H32FN3O3S/c1-4-31-11-5-6-17(15-31)12-18-13-19(28)7-10-23(18)35-30-22-9-8-20-21-14-27(21,29-2)16-34-25(20)24(22)26(32)33-3/h7-10,13,17,21,30H,2,4-6,11-12,14-16H2,1,3H3. The Hall–Kier alpha value is -2.58. The van der Waals surface area contributed by atoms with Gasteiger partial charge >= 0.3 is 5.97 Å². The van der Waals surface area contributed by atoms with E-state index in [0.29, 0.717) is 29.5 Å². The van der Waals surface area contributed by atoms with E-state index in [1.807, 2.05) is 18.2 Å². The summed E-state index contributed by atoms with van der Waals surface area (Å²) in [6.45, 7) is 9.55. The molecule has 0 spiro atoms. The Kier molecular flexibility index (Phi) is 6.77. The highest BCUT2D eigenvalue weighted by atomic mass is 32.2. The molecule has 186 valence electrons. The Morgan fingerprint density at radius 1 is 1.40 bits per heavy atom. The molecule has 2 fully saturated rings. The van der Waals surface area contributed by atoms with Crippen LogP contribution in [-0.2, 0) is 11.2 Å². The van der Waals surface area contributed by atoms with Crippen LogP contribution in [0.2, 0.25) is 0 Å². The van der Waals surface area contributed by atoms with E-state index in [-0.39, 0.29) is 17.3 Å². The molecular weight excluding hydrogens is 465 g/mol. The van der Waals surface area contributed by atoms with Gasteiger partial charge in [-0.1, -0.05) is 13.0 Å². The number of esters is 1. The maximum atomic E-state index is 14.2. The molecule has 2 aromatic rings. The Bertz CT molecular complexity index is 1140. The number of carbonyl (C=O) groups is 1. The van der Waals surface area contributed by atoms with Crippen LogP contribution >= 0.6 is 11.9 Å². The second-order valence-corrected chi connectivity index (χ2v) is 10.6. The molecule has 6 nitrogen and oxygen atoms in total. The number of likely N-dealkylation sites (tertiary alicyclic amines) is 1. The molecular formula is C27H32FN3O3S. The molecule has 0 bridgehead atoms. The minimum Gasteiger partial charge on any atom is -0.490 e. The van der Waals surface area contributed by atoms with Crippen molar-refractivity contribution >= 4 is 30.3 Å². The highest BCUT2D eigenvalue weighted by Gasteiger charge is 2.59. The van der Waals surface area contributed by atoms with Crippen molar-refractivity contribution in [2.24, 2.45) is 10.9 Å². The first-order chi connectivity index (χ1) is 17.0. The van der Waals surface area contributed by atoms with E-state index >= 15 is 0 Å². The maximum absolute atomic E-state index is 14.2. The molecule has 35 heavy (non-hydrogen) atoms. The lowest BCUT2D eigenvalue weighted by Gasteiger charge is -2.32. The lowest BCUT2D eigenvalue weighted by atomic mass is 9.91. The molecule has 3 aliphatic rings. The van der Waals surface area contributed by atoms with Gasteiger partial charge in [0.1, 0.15) is 29.3 Å². The van der Waals surface area contributed by atoms with E-state index in [1.165, 1.54) is 31.5 Å². The van der Waals surface area contributed by atoms with Crippen LogP contribution in [0.5, 0.6) is 5.75 Å². The van der Waals surface area contributed by atoms with Crippen molar-refractivity contribution in [3.05, 3.63) is 52.8 Å². The number of hydrogen-bond acceptors (Lipinski definition) is 7. The van der Waals surface area contributed by atoms with Crippen molar-refractivity contribution in [1.82, 2.24) is 4.90 Å². The van der Waals surface area contributed by atoms with Gasteiger partial charge in [0.25, 0.3) is 0 Å². The molecule has 2 aliphatic heterocycles. The third kappa shape index (κ3) is 4.66. The van der Waals surface area contributed by atoms with E-state index < -0.39 is 5.97 Å². The van der Waals surface area contributed by atoms with Crippen molar-refractivity contribution < 1.29 is 18.7 Å². The fourth-order valence-corrected chi connectivity index (χ4v) is 6.32. The molecule has 2 aromatic carbocycles. The van der Waals surface area contributed by atoms with Crippen LogP contribution in [-0.4, -0.2) is 56.5 Å². The summed E-state index contributed by atoms with van der Waals surface area (Å²) in [6.07, 6.45) is 4.03. The number of carbonyl (C=O) groups excluding carboxylic acids is 1. The van der Waals surface area contributed by atoms with Crippen LogP contribution in [0.3, 0.4) is 0 Å². The molecule has 1 aliphatic carbocycles. The summed E-state index contributed by atoms with van der Waals surface area (Å²) < 4.78 is 28.7. The van der Waals surface area contributed by atoms with Crippen LogP contribution in [0.25, 0.3) is 0 Å². The number of nitrogens with zero attached hydrogens (tertiary/aromatic N) is 2. The van der Waals surface area contributed by atoms with Gasteiger partial charge in [0.2, 0.25) is 0 Å². The Morgan fingerprint density at radius 3 is 3.03 bits per heavy atom. The van der Waals surface area contributed by atoms with Gasteiger partial charge in [-0.2, -0.15) is 0 Å². The van der Waals surface area contributed by atoms with Gasteiger partial charge in [0, 0.05) is 22.9 Å². The Balaban J connectivity index is 1.38. The Morgan fingerprint density at radius 2 is 2.26 bits per heavy atom. The zero-order valence-corrected chi connectivity index (χ0v) is 21.1. The molecule has 3 atom stereocenters. The second-order valence-electron chi connectivity index (χ2n) is 9.77. The maximum Gasteiger partial charge on any atom is 0.343 e. The molecule has 0 aromatic heterocycles. The molecule has 8 heteroatoms. The molecule has 2 heterocycles. The fourth-order valence-electron chi connectivity index (χ4n) is 5.52. The molecule has 1 saturated carbocycles. The van der Waals surface area contributed by atoms with Crippen molar-refractivity contribution in [3.63, 3.8) is 0 Å². The van der Waals surface area contributed by atoms with Crippen LogP contribution in [0, 0.1) is 11.7 Å². The van der Waals surface area contributed by atoms with E-state index in [4.69, 9.17) is 9.47 Å². The molecule has 1 saturated heterocycles. The lowest BCUT2D eigenvalue weighted by Crippen LogP contribution is -2.36. The number of hydrogen-bond donors (Lipinski definition) is 1. The highest BCUT2D eigenvalue weighted by Crippen LogP contribution is 2.60. The topological polar surface area (TPSA) is 63.2 Å². The third-order valence-electron chi connectivity index (χ3n) is 7.63. The summed E-state index contributed by atoms with van der Waals surface area (Å²) in [4.78, 5) is 20.5. The number of rotatable bonds is 8. The normalized spacial score (nSPS) is 25.1. The number of aliphatic imine (C=N–C) groups is 1. The number of piperidine rings is 1. The molecule has 0 radical (unpaired) electrons. The highest BCUT2D eigenvalue weighted by molar-refractivity contribution is 8.00. The summed E-state index contributed by atoms with van der Waals surface area (Å²) in [7, 11) is 1.37. The summed E-state index contributed by atoms with van der Waals surface area (Å²) in [6, 6.07) is 8.82. The number of fused-ring (bicyclic) bond motifs is 3.